The van der Waals surface area contributed by atoms with Crippen molar-refractivity contribution in [2.45, 2.75) is 32.5 Å². The fourth-order valence-corrected chi connectivity index (χ4v) is 5.83. The van der Waals surface area contributed by atoms with E-state index >= 15 is 0 Å². The highest BCUT2D eigenvalue weighted by Gasteiger charge is 2.31. The Morgan fingerprint density at radius 2 is 1.74 bits per heavy atom. The number of anilines is 2. The Kier molecular flexibility index (Phi) is 7.90. The zero-order valence-electron chi connectivity index (χ0n) is 25.0. The van der Waals surface area contributed by atoms with Gasteiger partial charge in [0.2, 0.25) is 5.95 Å². The standard InChI is InChI=1S/C32H36FN7O3/c1-20-19-38(24-12-10-23(33)11-13-24)15-16-39(20)21(2)30-36-31-26-7-6-8-27(42-4)29(26)35-32(40(31)37-30)34-18-22-9-14-25(41-3)17-28(22)43-5/h6-14,17,20-21H,15-16,18-19H2,1-5H3,(H,34,35)/t20-,21?/m1/s1. The SMILES string of the molecule is COc1ccc(CNc2nc3c(OC)cccc3c3nc(C(C)N4CCN(c5ccc(F)cc5)C[C@H]4C)nn23)c(OC)c1. The number of aromatic nitrogens is 4. The zero-order valence-corrected chi connectivity index (χ0v) is 25.0. The first-order chi connectivity index (χ1) is 20.9. The van der Waals surface area contributed by atoms with Gasteiger partial charge in [0.15, 0.2) is 11.5 Å². The number of nitrogens with zero attached hydrogens (tertiary/aromatic N) is 6. The molecule has 0 amide bonds. The van der Waals surface area contributed by atoms with Crippen LogP contribution in [0, 0.1) is 5.82 Å². The molecular formula is C32H36FN7O3. The van der Waals surface area contributed by atoms with Crippen LogP contribution in [0.5, 0.6) is 17.2 Å². The molecule has 1 aliphatic rings. The Morgan fingerprint density at radius 1 is 0.953 bits per heavy atom. The van der Waals surface area contributed by atoms with Crippen LogP contribution in [-0.2, 0) is 6.54 Å². The fourth-order valence-electron chi connectivity index (χ4n) is 5.83. The number of hydrogen-bond donors (Lipinski definition) is 1. The maximum absolute atomic E-state index is 13.5. The number of hydrogen-bond acceptors (Lipinski definition) is 9. The predicted octanol–water partition coefficient (Wildman–Crippen LogP) is 5.33. The molecule has 11 heteroatoms. The summed E-state index contributed by atoms with van der Waals surface area (Å²) in [5.41, 5.74) is 3.38. The first-order valence-electron chi connectivity index (χ1n) is 14.3. The van der Waals surface area contributed by atoms with E-state index in [9.17, 15) is 4.39 Å². The number of piperazine rings is 1. The van der Waals surface area contributed by atoms with Crippen LogP contribution in [0.15, 0.2) is 60.7 Å². The van der Waals surface area contributed by atoms with Gasteiger partial charge < -0.3 is 24.4 Å². The molecular weight excluding hydrogens is 549 g/mol. The summed E-state index contributed by atoms with van der Waals surface area (Å²) in [6.07, 6.45) is 0. The number of benzene rings is 3. The van der Waals surface area contributed by atoms with Gasteiger partial charge in [-0.3, -0.25) is 4.90 Å². The van der Waals surface area contributed by atoms with Gasteiger partial charge in [0.25, 0.3) is 0 Å². The summed E-state index contributed by atoms with van der Waals surface area (Å²) >= 11 is 0. The minimum atomic E-state index is -0.224. The lowest BCUT2D eigenvalue weighted by molar-refractivity contribution is 0.133. The summed E-state index contributed by atoms with van der Waals surface area (Å²) in [5.74, 6) is 3.13. The summed E-state index contributed by atoms with van der Waals surface area (Å²) in [6, 6.07) is 18.4. The molecule has 2 aromatic heterocycles. The lowest BCUT2D eigenvalue weighted by Gasteiger charge is -2.43. The van der Waals surface area contributed by atoms with E-state index in [0.717, 1.165) is 42.0 Å². The van der Waals surface area contributed by atoms with Gasteiger partial charge in [-0.15, -0.1) is 5.10 Å². The third kappa shape index (κ3) is 5.48. The van der Waals surface area contributed by atoms with E-state index < -0.39 is 0 Å². The monoisotopic (exact) mass is 585 g/mol. The summed E-state index contributed by atoms with van der Waals surface area (Å²) in [6.45, 7) is 7.27. The lowest BCUT2D eigenvalue weighted by Crippen LogP contribution is -2.52. The van der Waals surface area contributed by atoms with Crippen molar-refractivity contribution in [2.75, 3.05) is 51.2 Å². The molecule has 0 radical (unpaired) electrons. The van der Waals surface area contributed by atoms with Gasteiger partial charge in [0.1, 0.15) is 28.6 Å². The molecule has 0 bridgehead atoms. The highest BCUT2D eigenvalue weighted by atomic mass is 19.1. The Morgan fingerprint density at radius 3 is 2.47 bits per heavy atom. The Hall–Kier alpha value is -4.64. The van der Waals surface area contributed by atoms with Crippen molar-refractivity contribution in [1.82, 2.24) is 24.5 Å². The highest BCUT2D eigenvalue weighted by Crippen LogP contribution is 2.32. The molecule has 1 unspecified atom stereocenters. The minimum absolute atomic E-state index is 0.0412. The molecule has 1 saturated heterocycles. The van der Waals surface area contributed by atoms with E-state index in [4.69, 9.17) is 29.3 Å². The van der Waals surface area contributed by atoms with Crippen molar-refractivity contribution >= 4 is 28.2 Å². The molecule has 5 aromatic rings. The first-order valence-corrected chi connectivity index (χ1v) is 14.3. The molecule has 1 aliphatic heterocycles. The van der Waals surface area contributed by atoms with E-state index in [1.165, 1.54) is 12.1 Å². The molecule has 43 heavy (non-hydrogen) atoms. The highest BCUT2D eigenvalue weighted by molar-refractivity contribution is 5.96. The Balaban J connectivity index is 1.32. The molecule has 1 N–H and O–H groups in total. The van der Waals surface area contributed by atoms with Crippen molar-refractivity contribution in [3.63, 3.8) is 0 Å². The van der Waals surface area contributed by atoms with Crippen LogP contribution in [0.2, 0.25) is 0 Å². The quantitative estimate of drug-likeness (QED) is 0.247. The number of fused-ring (bicyclic) bond motifs is 3. The Labute approximate surface area is 250 Å². The van der Waals surface area contributed by atoms with Gasteiger partial charge in [-0.25, -0.2) is 14.4 Å². The summed E-state index contributed by atoms with van der Waals surface area (Å²) in [5, 5.41) is 9.30. The number of rotatable bonds is 9. The first kappa shape index (κ1) is 28.5. The van der Waals surface area contributed by atoms with Crippen molar-refractivity contribution in [3.8, 4) is 17.2 Å². The van der Waals surface area contributed by atoms with E-state index in [1.807, 2.05) is 48.5 Å². The van der Waals surface area contributed by atoms with Crippen molar-refractivity contribution < 1.29 is 18.6 Å². The van der Waals surface area contributed by atoms with Gasteiger partial charge >= 0.3 is 0 Å². The molecule has 6 rings (SSSR count). The van der Waals surface area contributed by atoms with Crippen molar-refractivity contribution in [3.05, 3.63) is 77.9 Å². The maximum Gasteiger partial charge on any atom is 0.226 e. The van der Waals surface area contributed by atoms with E-state index in [-0.39, 0.29) is 17.9 Å². The minimum Gasteiger partial charge on any atom is -0.497 e. The average molecular weight is 586 g/mol. The van der Waals surface area contributed by atoms with Crippen LogP contribution in [-0.4, -0.2) is 71.5 Å². The second kappa shape index (κ2) is 11.9. The van der Waals surface area contributed by atoms with Crippen LogP contribution in [0.25, 0.3) is 16.6 Å². The summed E-state index contributed by atoms with van der Waals surface area (Å²) in [4.78, 5) is 14.7. The molecule has 10 nitrogen and oxygen atoms in total. The van der Waals surface area contributed by atoms with Gasteiger partial charge in [0, 0.05) is 54.9 Å². The molecule has 1 fully saturated rings. The Bertz CT molecular complexity index is 1740. The molecule has 3 heterocycles. The topological polar surface area (TPSA) is 89.3 Å². The van der Waals surface area contributed by atoms with E-state index in [0.29, 0.717) is 41.0 Å². The largest absolute Gasteiger partial charge is 0.497 e. The van der Waals surface area contributed by atoms with E-state index in [2.05, 4.69) is 29.0 Å². The maximum atomic E-state index is 13.5. The molecule has 3 aromatic carbocycles. The number of halogens is 1. The van der Waals surface area contributed by atoms with Gasteiger partial charge in [-0.1, -0.05) is 6.07 Å². The van der Waals surface area contributed by atoms with Crippen molar-refractivity contribution in [1.29, 1.82) is 0 Å². The molecule has 2 atom stereocenters. The van der Waals surface area contributed by atoms with Crippen molar-refractivity contribution in [2.24, 2.45) is 0 Å². The van der Waals surface area contributed by atoms with Crippen LogP contribution in [0.1, 0.15) is 31.3 Å². The molecule has 0 aliphatic carbocycles. The van der Waals surface area contributed by atoms with Gasteiger partial charge in [-0.2, -0.15) is 4.52 Å². The number of para-hydroxylation sites is 1. The second-order valence-electron chi connectivity index (χ2n) is 10.7. The summed E-state index contributed by atoms with van der Waals surface area (Å²) < 4.78 is 31.9. The summed E-state index contributed by atoms with van der Waals surface area (Å²) in [7, 11) is 4.91. The molecule has 0 spiro atoms. The normalized spacial score (nSPS) is 16.4. The molecule has 0 saturated carbocycles. The van der Waals surface area contributed by atoms with E-state index in [1.54, 1.807) is 25.8 Å². The smallest absolute Gasteiger partial charge is 0.226 e. The van der Waals surface area contributed by atoms with Crippen LogP contribution in [0.4, 0.5) is 16.0 Å². The van der Waals surface area contributed by atoms with Crippen LogP contribution in [0.3, 0.4) is 0 Å². The van der Waals surface area contributed by atoms with Gasteiger partial charge in [-0.05, 0) is 62.4 Å². The number of nitrogens with one attached hydrogen (secondary N) is 1. The number of methoxy groups -OCH3 is 3. The number of ether oxygens (including phenoxy) is 3. The fraction of sp³-hybridized carbons (Fsp3) is 0.344. The predicted molar refractivity (Wildman–Crippen MR) is 165 cm³/mol. The van der Waals surface area contributed by atoms with Crippen LogP contribution < -0.4 is 24.4 Å². The zero-order chi connectivity index (χ0) is 30.1. The van der Waals surface area contributed by atoms with Gasteiger partial charge in [0.05, 0.1) is 27.4 Å². The lowest BCUT2D eigenvalue weighted by atomic mass is 10.1. The third-order valence-corrected chi connectivity index (χ3v) is 8.17. The van der Waals surface area contributed by atoms with Crippen LogP contribution >= 0.6 is 0 Å². The molecule has 224 valence electrons. The average Bonchev–Trinajstić information content (AvgIpc) is 3.49. The second-order valence-corrected chi connectivity index (χ2v) is 10.7. The third-order valence-electron chi connectivity index (χ3n) is 8.17.